The minimum atomic E-state index is -0.0338. The maximum Gasteiger partial charge on any atom is 0.238 e. The summed E-state index contributed by atoms with van der Waals surface area (Å²) >= 11 is 0. The van der Waals surface area contributed by atoms with Crippen LogP contribution in [0.5, 0.6) is 0 Å². The molecule has 0 atom stereocenters. The number of carbonyl (C=O) groups is 1. The van der Waals surface area contributed by atoms with Gasteiger partial charge in [0.15, 0.2) is 0 Å². The molecule has 2 rings (SSSR count). The topological polar surface area (TPSA) is 50.4 Å². The van der Waals surface area contributed by atoms with Crippen LogP contribution in [0.1, 0.15) is 18.4 Å². The Hall–Kier alpha value is -1.39. The quantitative estimate of drug-likeness (QED) is 0.773. The highest BCUT2D eigenvalue weighted by molar-refractivity contribution is 5.92. The number of nitrogens with one attached hydrogen (secondary N) is 2. The molecule has 1 aliphatic carbocycles. The Morgan fingerprint density at radius 2 is 2.28 bits per heavy atom. The molecule has 4 heteroatoms. The maximum atomic E-state index is 11.4. The molecule has 4 nitrogen and oxygen atoms in total. The summed E-state index contributed by atoms with van der Waals surface area (Å²) in [5, 5.41) is 5.66. The molecule has 0 bridgehead atoms. The highest BCUT2D eigenvalue weighted by Crippen LogP contribution is 2.29. The second kappa shape index (κ2) is 6.52. The van der Waals surface area contributed by atoms with Crippen LogP contribution in [0.3, 0.4) is 0 Å². The van der Waals surface area contributed by atoms with Gasteiger partial charge in [-0.3, -0.25) is 4.79 Å². The van der Waals surface area contributed by atoms with Gasteiger partial charge in [0.2, 0.25) is 5.91 Å². The van der Waals surface area contributed by atoms with Crippen LogP contribution in [0, 0.1) is 5.92 Å². The van der Waals surface area contributed by atoms with E-state index in [1.807, 2.05) is 24.3 Å². The summed E-state index contributed by atoms with van der Waals surface area (Å²) < 4.78 is 5.63. The van der Waals surface area contributed by atoms with Gasteiger partial charge in [0.05, 0.1) is 13.2 Å². The van der Waals surface area contributed by atoms with Gasteiger partial charge in [-0.25, -0.2) is 0 Å². The van der Waals surface area contributed by atoms with Crippen molar-refractivity contribution in [3.05, 3.63) is 29.8 Å². The zero-order valence-corrected chi connectivity index (χ0v) is 10.7. The SMILES string of the molecule is CNCC(=O)Nc1cccc(COCC2CC2)c1. The molecule has 1 aromatic carbocycles. The number of carbonyl (C=O) groups excluding carboxylic acids is 1. The van der Waals surface area contributed by atoms with Crippen LogP contribution < -0.4 is 10.6 Å². The van der Waals surface area contributed by atoms with Gasteiger partial charge in [-0.15, -0.1) is 0 Å². The molecule has 0 heterocycles. The smallest absolute Gasteiger partial charge is 0.238 e. The highest BCUT2D eigenvalue weighted by atomic mass is 16.5. The molecule has 0 saturated heterocycles. The van der Waals surface area contributed by atoms with E-state index >= 15 is 0 Å². The molecule has 1 amide bonds. The van der Waals surface area contributed by atoms with Crippen molar-refractivity contribution in [3.8, 4) is 0 Å². The van der Waals surface area contributed by atoms with E-state index in [0.29, 0.717) is 13.2 Å². The fraction of sp³-hybridized carbons (Fsp3) is 0.500. The van der Waals surface area contributed by atoms with Crippen molar-refractivity contribution in [2.24, 2.45) is 5.92 Å². The minimum absolute atomic E-state index is 0.0338. The summed E-state index contributed by atoms with van der Waals surface area (Å²) in [4.78, 5) is 11.4. The largest absolute Gasteiger partial charge is 0.376 e. The van der Waals surface area contributed by atoms with E-state index in [4.69, 9.17) is 4.74 Å². The Labute approximate surface area is 108 Å². The Kier molecular flexibility index (Phi) is 4.73. The maximum absolute atomic E-state index is 11.4. The predicted octanol–water partition coefficient (Wildman–Crippen LogP) is 1.77. The highest BCUT2D eigenvalue weighted by Gasteiger charge is 2.20. The molecule has 0 spiro atoms. The van der Waals surface area contributed by atoms with E-state index in [9.17, 15) is 4.79 Å². The minimum Gasteiger partial charge on any atom is -0.376 e. The number of rotatable bonds is 7. The molecule has 1 saturated carbocycles. The number of amides is 1. The van der Waals surface area contributed by atoms with Gasteiger partial charge < -0.3 is 15.4 Å². The molecule has 0 radical (unpaired) electrons. The van der Waals surface area contributed by atoms with Crippen molar-refractivity contribution in [2.75, 3.05) is 25.5 Å². The van der Waals surface area contributed by atoms with Crippen LogP contribution in [0.2, 0.25) is 0 Å². The summed E-state index contributed by atoms with van der Waals surface area (Å²) in [7, 11) is 1.75. The van der Waals surface area contributed by atoms with Crippen LogP contribution in [0.4, 0.5) is 5.69 Å². The second-order valence-corrected chi connectivity index (χ2v) is 4.74. The van der Waals surface area contributed by atoms with Crippen LogP contribution in [-0.2, 0) is 16.1 Å². The lowest BCUT2D eigenvalue weighted by molar-refractivity contribution is -0.115. The number of hydrogen-bond donors (Lipinski definition) is 2. The van der Waals surface area contributed by atoms with Gasteiger partial charge in [0, 0.05) is 12.3 Å². The van der Waals surface area contributed by atoms with E-state index in [1.165, 1.54) is 12.8 Å². The van der Waals surface area contributed by atoms with Crippen molar-refractivity contribution in [1.82, 2.24) is 5.32 Å². The first-order valence-electron chi connectivity index (χ1n) is 6.39. The lowest BCUT2D eigenvalue weighted by atomic mass is 10.2. The molecule has 1 fully saturated rings. The van der Waals surface area contributed by atoms with E-state index in [1.54, 1.807) is 7.05 Å². The van der Waals surface area contributed by atoms with Gasteiger partial charge in [0.1, 0.15) is 0 Å². The van der Waals surface area contributed by atoms with Crippen molar-refractivity contribution in [2.45, 2.75) is 19.4 Å². The van der Waals surface area contributed by atoms with Crippen LogP contribution in [0.15, 0.2) is 24.3 Å². The zero-order valence-electron chi connectivity index (χ0n) is 10.7. The lowest BCUT2D eigenvalue weighted by Gasteiger charge is -2.08. The van der Waals surface area contributed by atoms with E-state index in [-0.39, 0.29) is 5.91 Å². The van der Waals surface area contributed by atoms with Gasteiger partial charge in [-0.05, 0) is 43.5 Å². The third kappa shape index (κ3) is 4.47. The van der Waals surface area contributed by atoms with Gasteiger partial charge in [-0.2, -0.15) is 0 Å². The number of likely N-dealkylation sites (N-methyl/N-ethyl adjacent to an activating group) is 1. The van der Waals surface area contributed by atoms with Crippen molar-refractivity contribution >= 4 is 11.6 Å². The molecule has 98 valence electrons. The molecular weight excluding hydrogens is 228 g/mol. The van der Waals surface area contributed by atoms with Gasteiger partial charge in [0.25, 0.3) is 0 Å². The summed E-state index contributed by atoms with van der Waals surface area (Å²) in [6.45, 7) is 1.80. The Bertz CT molecular complexity index is 403. The number of hydrogen-bond acceptors (Lipinski definition) is 3. The van der Waals surface area contributed by atoms with Crippen molar-refractivity contribution in [1.29, 1.82) is 0 Å². The molecular formula is C14H20N2O2. The summed E-state index contributed by atoms with van der Waals surface area (Å²) in [6.07, 6.45) is 2.61. The molecule has 18 heavy (non-hydrogen) atoms. The molecule has 0 aromatic heterocycles. The Morgan fingerprint density at radius 1 is 1.44 bits per heavy atom. The first kappa shape index (κ1) is 13.1. The predicted molar refractivity (Wildman–Crippen MR) is 71.4 cm³/mol. The standard InChI is InChI=1S/C14H20N2O2/c1-15-8-14(17)16-13-4-2-3-12(7-13)10-18-9-11-5-6-11/h2-4,7,11,15H,5-6,8-10H2,1H3,(H,16,17). The zero-order chi connectivity index (χ0) is 12.8. The number of benzene rings is 1. The van der Waals surface area contributed by atoms with Crippen molar-refractivity contribution < 1.29 is 9.53 Å². The van der Waals surface area contributed by atoms with Crippen molar-refractivity contribution in [3.63, 3.8) is 0 Å². The van der Waals surface area contributed by atoms with Crippen LogP contribution >= 0.6 is 0 Å². The summed E-state index contributed by atoms with van der Waals surface area (Å²) in [6, 6.07) is 7.80. The molecule has 0 unspecified atom stereocenters. The average molecular weight is 248 g/mol. The van der Waals surface area contributed by atoms with Crippen LogP contribution in [0.25, 0.3) is 0 Å². The third-order valence-electron chi connectivity index (χ3n) is 2.87. The van der Waals surface area contributed by atoms with Crippen LogP contribution in [-0.4, -0.2) is 26.1 Å². The van der Waals surface area contributed by atoms with Gasteiger partial charge in [-0.1, -0.05) is 12.1 Å². The normalized spacial score (nSPS) is 14.5. The Morgan fingerprint density at radius 3 is 3.00 bits per heavy atom. The molecule has 1 aliphatic rings. The number of ether oxygens (including phenoxy) is 1. The average Bonchev–Trinajstić information content (AvgIpc) is 3.14. The molecule has 1 aromatic rings. The fourth-order valence-electron chi connectivity index (χ4n) is 1.73. The van der Waals surface area contributed by atoms with E-state index in [2.05, 4.69) is 10.6 Å². The lowest BCUT2D eigenvalue weighted by Crippen LogP contribution is -2.25. The van der Waals surface area contributed by atoms with Gasteiger partial charge >= 0.3 is 0 Å². The first-order chi connectivity index (χ1) is 8.78. The monoisotopic (exact) mass is 248 g/mol. The number of anilines is 1. The summed E-state index contributed by atoms with van der Waals surface area (Å²) in [5.41, 5.74) is 1.92. The second-order valence-electron chi connectivity index (χ2n) is 4.74. The first-order valence-corrected chi connectivity index (χ1v) is 6.39. The fourth-order valence-corrected chi connectivity index (χ4v) is 1.73. The third-order valence-corrected chi connectivity index (χ3v) is 2.87. The van der Waals surface area contributed by atoms with E-state index < -0.39 is 0 Å². The van der Waals surface area contributed by atoms with E-state index in [0.717, 1.165) is 23.8 Å². The molecule has 2 N–H and O–H groups in total. The molecule has 0 aliphatic heterocycles. The Balaban J connectivity index is 1.81. The summed E-state index contributed by atoms with van der Waals surface area (Å²) in [5.74, 6) is 0.747.